The summed E-state index contributed by atoms with van der Waals surface area (Å²) in [5.41, 5.74) is -1.76. The number of aromatic nitrogens is 1. The molecule has 1 N–H and O–H groups in total. The van der Waals surface area contributed by atoms with E-state index in [-0.39, 0.29) is 23.4 Å². The highest BCUT2D eigenvalue weighted by atomic mass is 19.4. The molecule has 0 unspecified atom stereocenters. The van der Waals surface area contributed by atoms with Crippen LogP contribution in [-0.4, -0.2) is 30.0 Å². The number of rotatable bonds is 5. The summed E-state index contributed by atoms with van der Waals surface area (Å²) in [6.07, 6.45) is -5.52. The van der Waals surface area contributed by atoms with Crippen molar-refractivity contribution in [3.63, 3.8) is 0 Å². The molecule has 1 aromatic heterocycles. The van der Waals surface area contributed by atoms with Crippen LogP contribution in [-0.2, 0) is 5.92 Å². The number of carbonyl (C=O) groups excluding carboxylic acids is 1. The lowest BCUT2D eigenvalue weighted by Gasteiger charge is -2.28. The van der Waals surface area contributed by atoms with E-state index in [1.807, 2.05) is 0 Å². The fourth-order valence-electron chi connectivity index (χ4n) is 1.97. The number of alkyl halides is 7. The third kappa shape index (κ3) is 3.85. The topological polar surface area (TPSA) is 51.2 Å². The van der Waals surface area contributed by atoms with Crippen LogP contribution in [0.1, 0.15) is 15.9 Å². The van der Waals surface area contributed by atoms with Crippen molar-refractivity contribution in [3.8, 4) is 11.6 Å². The van der Waals surface area contributed by atoms with Crippen LogP contribution in [0.4, 0.5) is 35.1 Å². The van der Waals surface area contributed by atoms with Gasteiger partial charge in [0.1, 0.15) is 5.75 Å². The summed E-state index contributed by atoms with van der Waals surface area (Å²) in [7, 11) is 1.30. The molecule has 4 nitrogen and oxygen atoms in total. The second-order valence-electron chi connectivity index (χ2n) is 5.36. The predicted molar refractivity (Wildman–Crippen MR) is 79.0 cm³/mol. The molecule has 152 valence electrons. The van der Waals surface area contributed by atoms with Gasteiger partial charge < -0.3 is 10.1 Å². The van der Waals surface area contributed by atoms with Gasteiger partial charge in [0.15, 0.2) is 5.82 Å². The third-order valence-electron chi connectivity index (χ3n) is 3.48. The number of ether oxygens (including phenoxy) is 1. The van der Waals surface area contributed by atoms with Crippen LogP contribution in [0.2, 0.25) is 0 Å². The number of carbonyl (C=O) groups is 1. The number of halogens is 8. The lowest BCUT2D eigenvalue weighted by molar-refractivity contribution is -0.359. The van der Waals surface area contributed by atoms with Crippen LogP contribution in [0, 0.1) is 5.82 Å². The highest BCUT2D eigenvalue weighted by Gasteiger charge is 2.73. The first-order chi connectivity index (χ1) is 12.8. The standard InChI is InChI=1S/C16H10F8N2O2/c1-25-12(27)8-6-11(17)13(26-7-8)28-10-4-2-9(3-5-10)14(18,19)15(20,21)16(22,23)24/h2-7H,1H3,(H,25,27). The minimum absolute atomic E-state index is 0.142. The molecule has 1 heterocycles. The lowest BCUT2D eigenvalue weighted by Crippen LogP contribution is -2.49. The molecule has 28 heavy (non-hydrogen) atoms. The third-order valence-corrected chi connectivity index (χ3v) is 3.48. The molecular formula is C16H10F8N2O2. The first-order valence-electron chi connectivity index (χ1n) is 7.29. The van der Waals surface area contributed by atoms with Crippen LogP contribution in [0.3, 0.4) is 0 Å². The molecule has 2 aromatic rings. The van der Waals surface area contributed by atoms with Crippen molar-refractivity contribution in [2.45, 2.75) is 18.0 Å². The average Bonchev–Trinajstić information content (AvgIpc) is 2.62. The van der Waals surface area contributed by atoms with Gasteiger partial charge >= 0.3 is 18.0 Å². The minimum Gasteiger partial charge on any atom is -0.436 e. The van der Waals surface area contributed by atoms with E-state index in [1.54, 1.807) is 0 Å². The van der Waals surface area contributed by atoms with Gasteiger partial charge in [-0.3, -0.25) is 4.79 Å². The average molecular weight is 414 g/mol. The van der Waals surface area contributed by atoms with Gasteiger partial charge in [0.25, 0.3) is 11.8 Å². The largest absolute Gasteiger partial charge is 0.460 e. The smallest absolute Gasteiger partial charge is 0.436 e. The molecule has 0 saturated carbocycles. The Bertz CT molecular complexity index is 866. The van der Waals surface area contributed by atoms with Gasteiger partial charge in [0.05, 0.1) is 5.56 Å². The molecule has 1 amide bonds. The maximum atomic E-state index is 13.9. The Morgan fingerprint density at radius 1 is 1.04 bits per heavy atom. The number of hydrogen-bond donors (Lipinski definition) is 1. The summed E-state index contributed by atoms with van der Waals surface area (Å²) in [5.74, 6) is -14.6. The van der Waals surface area contributed by atoms with Crippen LogP contribution in [0.25, 0.3) is 0 Å². The number of pyridine rings is 1. The van der Waals surface area contributed by atoms with E-state index < -0.39 is 41.2 Å². The zero-order valence-corrected chi connectivity index (χ0v) is 13.8. The van der Waals surface area contributed by atoms with Crippen LogP contribution < -0.4 is 10.1 Å². The van der Waals surface area contributed by atoms with Crippen molar-refractivity contribution in [2.24, 2.45) is 0 Å². The summed E-state index contributed by atoms with van der Waals surface area (Å²) in [4.78, 5) is 14.9. The summed E-state index contributed by atoms with van der Waals surface area (Å²) in [6.45, 7) is 0. The van der Waals surface area contributed by atoms with Crippen molar-refractivity contribution in [1.29, 1.82) is 0 Å². The molecule has 0 aliphatic rings. The molecule has 0 fully saturated rings. The maximum Gasteiger partial charge on any atom is 0.460 e. The zero-order valence-electron chi connectivity index (χ0n) is 13.8. The van der Waals surface area contributed by atoms with Crippen molar-refractivity contribution in [2.75, 3.05) is 7.05 Å². The molecule has 0 radical (unpaired) electrons. The Morgan fingerprint density at radius 2 is 1.61 bits per heavy atom. The Kier molecular flexibility index (Phi) is 5.53. The second-order valence-corrected chi connectivity index (χ2v) is 5.36. The summed E-state index contributed by atoms with van der Waals surface area (Å²) in [6, 6.07) is 2.62. The Labute approximate surface area is 152 Å². The number of nitrogens with one attached hydrogen (secondary N) is 1. The fraction of sp³-hybridized carbons (Fsp3) is 0.250. The van der Waals surface area contributed by atoms with E-state index in [2.05, 4.69) is 10.3 Å². The predicted octanol–water partition coefficient (Wildman–Crippen LogP) is 4.66. The van der Waals surface area contributed by atoms with E-state index in [1.165, 1.54) is 7.05 Å². The first kappa shape index (κ1) is 21.4. The molecular weight excluding hydrogens is 404 g/mol. The molecule has 0 bridgehead atoms. The molecule has 0 atom stereocenters. The highest BCUT2D eigenvalue weighted by Crippen LogP contribution is 2.51. The SMILES string of the molecule is CNC(=O)c1cnc(Oc2ccc(C(F)(F)C(F)(F)C(F)(F)F)cc2)c(F)c1. The number of hydrogen-bond acceptors (Lipinski definition) is 3. The van der Waals surface area contributed by atoms with E-state index in [4.69, 9.17) is 4.74 Å². The molecule has 0 saturated heterocycles. The van der Waals surface area contributed by atoms with Crippen LogP contribution >= 0.6 is 0 Å². The van der Waals surface area contributed by atoms with Crippen LogP contribution in [0.15, 0.2) is 36.5 Å². The van der Waals surface area contributed by atoms with E-state index in [9.17, 15) is 39.9 Å². The zero-order chi connectivity index (χ0) is 21.3. The molecule has 0 aliphatic carbocycles. The lowest BCUT2D eigenvalue weighted by atomic mass is 10.0. The number of amides is 1. The minimum atomic E-state index is -6.47. The van der Waals surface area contributed by atoms with Gasteiger partial charge in [-0.15, -0.1) is 0 Å². The van der Waals surface area contributed by atoms with Gasteiger partial charge in [-0.05, 0) is 30.3 Å². The van der Waals surface area contributed by atoms with Gasteiger partial charge in [-0.25, -0.2) is 9.37 Å². The molecule has 12 heteroatoms. The Balaban J connectivity index is 2.25. The quantitative estimate of drug-likeness (QED) is 0.724. The highest BCUT2D eigenvalue weighted by molar-refractivity contribution is 5.93. The van der Waals surface area contributed by atoms with Gasteiger partial charge in [0, 0.05) is 18.8 Å². The molecule has 1 aromatic carbocycles. The van der Waals surface area contributed by atoms with E-state index in [0.29, 0.717) is 12.1 Å². The summed E-state index contributed by atoms with van der Waals surface area (Å²) >= 11 is 0. The normalized spacial score (nSPS) is 12.6. The summed E-state index contributed by atoms with van der Waals surface area (Å²) in [5, 5.41) is 2.22. The molecule has 0 spiro atoms. The second kappa shape index (κ2) is 7.24. The van der Waals surface area contributed by atoms with E-state index >= 15 is 0 Å². The monoisotopic (exact) mass is 414 g/mol. The maximum absolute atomic E-state index is 13.9. The molecule has 0 aliphatic heterocycles. The molecule has 2 rings (SSSR count). The van der Waals surface area contributed by atoms with Crippen molar-refractivity contribution < 1.29 is 44.7 Å². The Hall–Kier alpha value is -2.92. The Morgan fingerprint density at radius 3 is 2.07 bits per heavy atom. The number of benzene rings is 1. The van der Waals surface area contributed by atoms with Crippen LogP contribution in [0.5, 0.6) is 11.6 Å². The van der Waals surface area contributed by atoms with Crippen molar-refractivity contribution >= 4 is 5.91 Å². The summed E-state index contributed by atoms with van der Waals surface area (Å²) < 4.78 is 109. The van der Waals surface area contributed by atoms with Crippen molar-refractivity contribution in [3.05, 3.63) is 53.5 Å². The first-order valence-corrected chi connectivity index (χ1v) is 7.29. The number of nitrogens with zero attached hydrogens (tertiary/aromatic N) is 1. The fourth-order valence-corrected chi connectivity index (χ4v) is 1.97. The van der Waals surface area contributed by atoms with Gasteiger partial charge in [-0.2, -0.15) is 30.7 Å². The van der Waals surface area contributed by atoms with Crippen molar-refractivity contribution in [1.82, 2.24) is 10.3 Å². The van der Waals surface area contributed by atoms with Gasteiger partial charge in [-0.1, -0.05) is 0 Å². The van der Waals surface area contributed by atoms with E-state index in [0.717, 1.165) is 12.3 Å². The van der Waals surface area contributed by atoms with Gasteiger partial charge in [0.2, 0.25) is 0 Å².